The fourth-order valence-electron chi connectivity index (χ4n) is 4.30. The lowest BCUT2D eigenvalue weighted by atomic mass is 10.0. The lowest BCUT2D eigenvalue weighted by molar-refractivity contribution is -0.135. The molecule has 4 bridgehead atoms. The number of fused-ring (bicyclic) bond motifs is 5. The van der Waals surface area contributed by atoms with Gasteiger partial charge in [-0.15, -0.1) is 0 Å². The van der Waals surface area contributed by atoms with Crippen molar-refractivity contribution in [3.8, 4) is 17.6 Å². The fraction of sp³-hybridized carbons (Fsp3) is 0.370. The van der Waals surface area contributed by atoms with Crippen LogP contribution < -0.4 is 15.4 Å². The molecule has 1 aromatic heterocycles. The summed E-state index contributed by atoms with van der Waals surface area (Å²) in [6.45, 7) is 3.16. The van der Waals surface area contributed by atoms with Gasteiger partial charge in [-0.3, -0.25) is 4.79 Å². The minimum Gasteiger partial charge on any atom is -0.456 e. The number of hydrogen-bond donors (Lipinski definition) is 2. The zero-order chi connectivity index (χ0) is 26.4. The molecule has 1 amide bonds. The summed E-state index contributed by atoms with van der Waals surface area (Å²) in [7, 11) is 0. The molecule has 7 nitrogen and oxygen atoms in total. The largest absolute Gasteiger partial charge is 0.456 e. The molecule has 0 saturated carbocycles. The highest BCUT2D eigenvalue weighted by atomic mass is 19.4. The van der Waals surface area contributed by atoms with Gasteiger partial charge in [-0.05, 0) is 67.1 Å². The van der Waals surface area contributed by atoms with Crippen molar-refractivity contribution >= 4 is 5.91 Å². The molecule has 0 radical (unpaired) electrons. The van der Waals surface area contributed by atoms with E-state index in [0.29, 0.717) is 43.0 Å². The second kappa shape index (κ2) is 11.5. The lowest BCUT2D eigenvalue weighted by Crippen LogP contribution is -2.33. The molecule has 0 aliphatic carbocycles. The number of aryl methyl sites for hydroxylation is 2. The number of carbonyl (C=O) groups is 1. The van der Waals surface area contributed by atoms with Crippen LogP contribution in [0.25, 0.3) is 0 Å². The standard InChI is InChI=1S/C27H28F3N5O2/c1-18-33-15-23-14-32-16-26(36)34-13-22-11-24(8-7-20(22)4-2-3-9-27(28,29)30)37-25-10-19(17-35(18)23)5-6-21(25)12-31/h5-8,10-11,15,32H,2-4,9,13-14,16-17H2,1H3,(H,34,36). The number of amides is 1. The molecule has 0 spiro atoms. The molecule has 4 rings (SSSR count). The van der Waals surface area contributed by atoms with Crippen molar-refractivity contribution in [2.24, 2.45) is 0 Å². The Hall–Kier alpha value is -3.84. The molecule has 3 aromatic rings. The number of halogens is 3. The van der Waals surface area contributed by atoms with E-state index in [0.717, 1.165) is 28.2 Å². The normalized spacial score (nSPS) is 14.3. The summed E-state index contributed by atoms with van der Waals surface area (Å²) in [5.74, 6) is 1.49. The summed E-state index contributed by atoms with van der Waals surface area (Å²) in [5.41, 5.74) is 3.81. The molecule has 2 heterocycles. The van der Waals surface area contributed by atoms with Crippen LogP contribution in [-0.2, 0) is 30.8 Å². The first kappa shape index (κ1) is 26.2. The van der Waals surface area contributed by atoms with Gasteiger partial charge in [-0.1, -0.05) is 12.1 Å². The topological polar surface area (TPSA) is 92.0 Å². The Labute approximate surface area is 213 Å². The van der Waals surface area contributed by atoms with Crippen LogP contribution in [-0.4, -0.2) is 28.2 Å². The van der Waals surface area contributed by atoms with Crippen LogP contribution in [0.15, 0.2) is 42.6 Å². The third-order valence-corrected chi connectivity index (χ3v) is 6.27. The molecule has 1 aliphatic rings. The highest BCUT2D eigenvalue weighted by Gasteiger charge is 2.26. The number of nitriles is 1. The summed E-state index contributed by atoms with van der Waals surface area (Å²) >= 11 is 0. The minimum absolute atomic E-state index is 0.0336. The summed E-state index contributed by atoms with van der Waals surface area (Å²) < 4.78 is 45.8. The van der Waals surface area contributed by atoms with Gasteiger partial charge in [0, 0.05) is 32.3 Å². The summed E-state index contributed by atoms with van der Waals surface area (Å²) in [6, 6.07) is 12.9. The van der Waals surface area contributed by atoms with Crippen molar-refractivity contribution in [2.45, 2.75) is 58.4 Å². The molecule has 0 unspecified atom stereocenters. The van der Waals surface area contributed by atoms with E-state index in [2.05, 4.69) is 21.7 Å². The molecule has 0 fully saturated rings. The molecule has 37 heavy (non-hydrogen) atoms. The van der Waals surface area contributed by atoms with Gasteiger partial charge in [0.1, 0.15) is 23.4 Å². The van der Waals surface area contributed by atoms with Crippen LogP contribution in [0.4, 0.5) is 13.2 Å². The van der Waals surface area contributed by atoms with E-state index in [9.17, 15) is 23.2 Å². The van der Waals surface area contributed by atoms with Gasteiger partial charge in [-0.2, -0.15) is 18.4 Å². The summed E-state index contributed by atoms with van der Waals surface area (Å²) in [5, 5.41) is 15.6. The van der Waals surface area contributed by atoms with Gasteiger partial charge in [-0.25, -0.2) is 4.98 Å². The number of benzene rings is 2. The van der Waals surface area contributed by atoms with E-state index >= 15 is 0 Å². The predicted octanol–water partition coefficient (Wildman–Crippen LogP) is 4.90. The van der Waals surface area contributed by atoms with E-state index < -0.39 is 12.6 Å². The van der Waals surface area contributed by atoms with E-state index in [-0.39, 0.29) is 25.4 Å². The van der Waals surface area contributed by atoms with Crippen LogP contribution in [0.5, 0.6) is 11.5 Å². The van der Waals surface area contributed by atoms with Gasteiger partial charge in [0.25, 0.3) is 0 Å². The zero-order valence-corrected chi connectivity index (χ0v) is 20.5. The number of carbonyl (C=O) groups excluding carboxylic acids is 1. The SMILES string of the molecule is Cc1ncc2n1Cc1ccc(C#N)c(c1)Oc1ccc(CCCCC(F)(F)F)c(c1)CNC(=O)CNC2. The van der Waals surface area contributed by atoms with Crippen LogP contribution >= 0.6 is 0 Å². The second-order valence-corrected chi connectivity index (χ2v) is 9.06. The van der Waals surface area contributed by atoms with Crippen molar-refractivity contribution in [1.82, 2.24) is 20.2 Å². The molecule has 1 aliphatic heterocycles. The number of rotatable bonds is 4. The van der Waals surface area contributed by atoms with Crippen LogP contribution in [0, 0.1) is 18.3 Å². The van der Waals surface area contributed by atoms with Crippen LogP contribution in [0.2, 0.25) is 0 Å². The van der Waals surface area contributed by atoms with Crippen molar-refractivity contribution in [1.29, 1.82) is 5.26 Å². The maximum atomic E-state index is 12.5. The zero-order valence-electron chi connectivity index (χ0n) is 20.5. The number of nitrogens with zero attached hydrogens (tertiary/aromatic N) is 3. The van der Waals surface area contributed by atoms with Crippen LogP contribution in [0.1, 0.15) is 53.0 Å². The Morgan fingerprint density at radius 2 is 1.97 bits per heavy atom. The van der Waals surface area contributed by atoms with E-state index in [1.807, 2.05) is 29.7 Å². The van der Waals surface area contributed by atoms with Crippen molar-refractivity contribution in [2.75, 3.05) is 6.54 Å². The molecule has 0 atom stereocenters. The summed E-state index contributed by atoms with van der Waals surface area (Å²) in [6.07, 6.45) is -2.38. The van der Waals surface area contributed by atoms with Gasteiger partial charge < -0.3 is 19.9 Å². The number of nitrogens with one attached hydrogen (secondary N) is 2. The average Bonchev–Trinajstić information content (AvgIpc) is 3.19. The average molecular weight is 512 g/mol. The second-order valence-electron chi connectivity index (χ2n) is 9.06. The number of ether oxygens (including phenoxy) is 1. The quantitative estimate of drug-likeness (QED) is 0.487. The monoisotopic (exact) mass is 511 g/mol. The molecular weight excluding hydrogens is 483 g/mol. The minimum atomic E-state index is -4.17. The third-order valence-electron chi connectivity index (χ3n) is 6.27. The maximum absolute atomic E-state index is 12.5. The first-order valence-corrected chi connectivity index (χ1v) is 12.1. The Morgan fingerprint density at radius 3 is 2.76 bits per heavy atom. The molecule has 0 saturated heterocycles. The molecule has 194 valence electrons. The van der Waals surface area contributed by atoms with Gasteiger partial charge in [0.2, 0.25) is 5.91 Å². The molecule has 2 N–H and O–H groups in total. The number of alkyl halides is 3. The molecular formula is C27H28F3N5O2. The Morgan fingerprint density at radius 1 is 1.14 bits per heavy atom. The Kier molecular flexibility index (Phi) is 8.14. The summed E-state index contributed by atoms with van der Waals surface area (Å²) in [4.78, 5) is 16.9. The van der Waals surface area contributed by atoms with E-state index in [4.69, 9.17) is 4.74 Å². The molecule has 10 heteroatoms. The van der Waals surface area contributed by atoms with Gasteiger partial charge in [0.15, 0.2) is 0 Å². The number of imidazole rings is 1. The fourth-order valence-corrected chi connectivity index (χ4v) is 4.30. The number of hydrogen-bond acceptors (Lipinski definition) is 5. The highest BCUT2D eigenvalue weighted by molar-refractivity contribution is 5.78. The van der Waals surface area contributed by atoms with Crippen molar-refractivity contribution < 1.29 is 22.7 Å². The lowest BCUT2D eigenvalue weighted by Gasteiger charge is -2.17. The maximum Gasteiger partial charge on any atom is 0.389 e. The first-order valence-electron chi connectivity index (χ1n) is 12.1. The van der Waals surface area contributed by atoms with Crippen molar-refractivity contribution in [3.05, 3.63) is 76.4 Å². The van der Waals surface area contributed by atoms with E-state index in [1.54, 1.807) is 24.4 Å². The third kappa shape index (κ3) is 7.11. The van der Waals surface area contributed by atoms with E-state index in [1.165, 1.54) is 0 Å². The smallest absolute Gasteiger partial charge is 0.389 e. The Balaban J connectivity index is 1.64. The highest BCUT2D eigenvalue weighted by Crippen LogP contribution is 2.30. The van der Waals surface area contributed by atoms with Gasteiger partial charge >= 0.3 is 6.18 Å². The molecule has 2 aromatic carbocycles. The number of aromatic nitrogens is 2. The number of unbranched alkanes of at least 4 members (excludes halogenated alkanes) is 1. The van der Waals surface area contributed by atoms with Crippen molar-refractivity contribution in [3.63, 3.8) is 0 Å². The Bertz CT molecular complexity index is 1310. The predicted molar refractivity (Wildman–Crippen MR) is 131 cm³/mol. The van der Waals surface area contributed by atoms with Crippen LogP contribution in [0.3, 0.4) is 0 Å². The first-order chi connectivity index (χ1) is 17.7. The van der Waals surface area contributed by atoms with Gasteiger partial charge in [0.05, 0.1) is 17.8 Å².